The molecule has 0 bridgehead atoms. The van der Waals surface area contributed by atoms with Crippen molar-refractivity contribution in [3.8, 4) is 6.07 Å². The highest BCUT2D eigenvalue weighted by Gasteiger charge is 2.24. The fourth-order valence-electron chi connectivity index (χ4n) is 3.16. The summed E-state index contributed by atoms with van der Waals surface area (Å²) in [6.45, 7) is 5.92. The van der Waals surface area contributed by atoms with Gasteiger partial charge in [0, 0.05) is 13.5 Å². The van der Waals surface area contributed by atoms with Gasteiger partial charge in [-0.1, -0.05) is 42.5 Å². The number of carbonyl (C=O) groups is 2. The van der Waals surface area contributed by atoms with E-state index < -0.39 is 0 Å². The second kappa shape index (κ2) is 9.54. The van der Waals surface area contributed by atoms with E-state index in [9.17, 15) is 9.59 Å². The van der Waals surface area contributed by atoms with Crippen LogP contribution in [0.3, 0.4) is 0 Å². The van der Waals surface area contributed by atoms with Gasteiger partial charge in [0.15, 0.2) is 0 Å². The standard InChI is InChI=1S/C22H25N3O2/c1-4-25(16(2)19-12-10-18(15-23)11-13-19)22(27)14-21(24-17(3)26)20-8-6-5-7-9-20/h5-13,16,21H,4,14H2,1-3H3,(H,24,26). The lowest BCUT2D eigenvalue weighted by Crippen LogP contribution is -2.37. The fraction of sp³-hybridized carbons (Fsp3) is 0.318. The minimum Gasteiger partial charge on any atom is -0.349 e. The maximum absolute atomic E-state index is 13.0. The van der Waals surface area contributed by atoms with Gasteiger partial charge < -0.3 is 10.2 Å². The topological polar surface area (TPSA) is 73.2 Å². The number of nitriles is 1. The summed E-state index contributed by atoms with van der Waals surface area (Å²) in [5, 5.41) is 11.8. The van der Waals surface area contributed by atoms with Gasteiger partial charge in [-0.15, -0.1) is 0 Å². The SMILES string of the molecule is CCN(C(=O)CC(NC(C)=O)c1ccccc1)C(C)c1ccc(C#N)cc1. The van der Waals surface area contributed by atoms with Crippen LogP contribution in [0.25, 0.3) is 0 Å². The molecule has 0 aliphatic heterocycles. The first-order valence-electron chi connectivity index (χ1n) is 9.07. The van der Waals surface area contributed by atoms with E-state index in [0.717, 1.165) is 11.1 Å². The van der Waals surface area contributed by atoms with Gasteiger partial charge in [-0.2, -0.15) is 5.26 Å². The quantitative estimate of drug-likeness (QED) is 0.814. The lowest BCUT2D eigenvalue weighted by molar-refractivity contribution is -0.134. The molecule has 140 valence electrons. The molecule has 0 spiro atoms. The van der Waals surface area contributed by atoms with Crippen LogP contribution in [-0.4, -0.2) is 23.3 Å². The van der Waals surface area contributed by atoms with Crippen molar-refractivity contribution in [1.82, 2.24) is 10.2 Å². The lowest BCUT2D eigenvalue weighted by Gasteiger charge is -2.30. The molecule has 2 amide bonds. The van der Waals surface area contributed by atoms with Crippen molar-refractivity contribution in [3.63, 3.8) is 0 Å². The van der Waals surface area contributed by atoms with Crippen molar-refractivity contribution in [3.05, 3.63) is 71.3 Å². The van der Waals surface area contributed by atoms with Crippen LogP contribution < -0.4 is 5.32 Å². The number of hydrogen-bond acceptors (Lipinski definition) is 3. The minimum absolute atomic E-state index is 0.0306. The fourth-order valence-corrected chi connectivity index (χ4v) is 3.16. The average Bonchev–Trinajstić information content (AvgIpc) is 2.68. The van der Waals surface area contributed by atoms with Gasteiger partial charge in [0.2, 0.25) is 11.8 Å². The van der Waals surface area contributed by atoms with Gasteiger partial charge in [0.1, 0.15) is 0 Å². The van der Waals surface area contributed by atoms with E-state index in [-0.39, 0.29) is 30.3 Å². The van der Waals surface area contributed by atoms with Gasteiger partial charge >= 0.3 is 0 Å². The van der Waals surface area contributed by atoms with Crippen molar-refractivity contribution in [2.75, 3.05) is 6.54 Å². The molecule has 0 aromatic heterocycles. The molecular formula is C22H25N3O2. The number of benzene rings is 2. The Hall–Kier alpha value is -3.13. The molecule has 27 heavy (non-hydrogen) atoms. The third-order valence-corrected chi connectivity index (χ3v) is 4.61. The minimum atomic E-state index is -0.363. The van der Waals surface area contributed by atoms with E-state index in [0.29, 0.717) is 12.1 Å². The molecule has 2 aromatic rings. The highest BCUT2D eigenvalue weighted by molar-refractivity contribution is 5.79. The predicted molar refractivity (Wildman–Crippen MR) is 105 cm³/mol. The molecule has 2 rings (SSSR count). The first-order chi connectivity index (χ1) is 13.0. The molecule has 0 fully saturated rings. The van der Waals surface area contributed by atoms with E-state index in [1.165, 1.54) is 6.92 Å². The van der Waals surface area contributed by atoms with Gasteiger partial charge in [-0.05, 0) is 37.1 Å². The zero-order valence-electron chi connectivity index (χ0n) is 16.0. The van der Waals surface area contributed by atoms with Crippen molar-refractivity contribution in [2.45, 2.75) is 39.3 Å². The van der Waals surface area contributed by atoms with Crippen LogP contribution in [-0.2, 0) is 9.59 Å². The summed E-state index contributed by atoms with van der Waals surface area (Å²) < 4.78 is 0. The number of hydrogen-bond donors (Lipinski definition) is 1. The Labute approximate surface area is 160 Å². The first-order valence-corrected chi connectivity index (χ1v) is 9.07. The monoisotopic (exact) mass is 363 g/mol. The van der Waals surface area contributed by atoms with Crippen molar-refractivity contribution in [2.24, 2.45) is 0 Å². The Bertz CT molecular complexity index is 810. The van der Waals surface area contributed by atoms with Gasteiger partial charge in [0.05, 0.1) is 30.1 Å². The summed E-state index contributed by atoms with van der Waals surface area (Å²) >= 11 is 0. The molecule has 0 radical (unpaired) electrons. The molecule has 0 heterocycles. The molecule has 5 nitrogen and oxygen atoms in total. The van der Waals surface area contributed by atoms with E-state index >= 15 is 0 Å². The molecule has 2 aromatic carbocycles. The van der Waals surface area contributed by atoms with Crippen molar-refractivity contribution in [1.29, 1.82) is 5.26 Å². The lowest BCUT2D eigenvalue weighted by atomic mass is 10.0. The number of nitrogens with zero attached hydrogens (tertiary/aromatic N) is 2. The molecule has 2 atom stereocenters. The summed E-state index contributed by atoms with van der Waals surface area (Å²) in [6.07, 6.45) is 0.193. The number of carbonyl (C=O) groups excluding carboxylic acids is 2. The third kappa shape index (κ3) is 5.42. The maximum Gasteiger partial charge on any atom is 0.225 e. The van der Waals surface area contributed by atoms with Gasteiger partial charge in [-0.3, -0.25) is 9.59 Å². The molecule has 5 heteroatoms. The van der Waals surface area contributed by atoms with Crippen LogP contribution in [0.4, 0.5) is 0 Å². The molecule has 0 aliphatic carbocycles. The van der Waals surface area contributed by atoms with Gasteiger partial charge in [0.25, 0.3) is 0 Å². The van der Waals surface area contributed by atoms with Crippen molar-refractivity contribution < 1.29 is 9.59 Å². The number of nitrogens with one attached hydrogen (secondary N) is 1. The Balaban J connectivity index is 2.18. The summed E-state index contributed by atoms with van der Waals surface area (Å²) in [5.41, 5.74) is 2.47. The highest BCUT2D eigenvalue weighted by atomic mass is 16.2. The van der Waals surface area contributed by atoms with E-state index in [4.69, 9.17) is 5.26 Å². The Morgan fingerprint density at radius 1 is 1.07 bits per heavy atom. The predicted octanol–water partition coefficient (Wildman–Crippen LogP) is 3.74. The van der Waals surface area contributed by atoms with Crippen LogP contribution >= 0.6 is 0 Å². The van der Waals surface area contributed by atoms with Crippen LogP contribution in [0, 0.1) is 11.3 Å². The summed E-state index contributed by atoms with van der Waals surface area (Å²) in [4.78, 5) is 26.4. The van der Waals surface area contributed by atoms with Crippen LogP contribution in [0.2, 0.25) is 0 Å². The smallest absolute Gasteiger partial charge is 0.225 e. The second-order valence-electron chi connectivity index (χ2n) is 6.46. The summed E-state index contributed by atoms with van der Waals surface area (Å²) in [7, 11) is 0. The van der Waals surface area contributed by atoms with Crippen LogP contribution in [0.1, 0.15) is 56.0 Å². The molecule has 0 saturated heterocycles. The highest BCUT2D eigenvalue weighted by Crippen LogP contribution is 2.24. The Kier molecular flexibility index (Phi) is 7.13. The van der Waals surface area contributed by atoms with Crippen LogP contribution in [0.15, 0.2) is 54.6 Å². The van der Waals surface area contributed by atoms with Crippen LogP contribution in [0.5, 0.6) is 0 Å². The molecule has 1 N–H and O–H groups in total. The average molecular weight is 363 g/mol. The normalized spacial score (nSPS) is 12.5. The largest absolute Gasteiger partial charge is 0.349 e. The Morgan fingerprint density at radius 2 is 1.70 bits per heavy atom. The maximum atomic E-state index is 13.0. The summed E-state index contributed by atoms with van der Waals surface area (Å²) in [5.74, 6) is -0.197. The molecule has 0 aliphatic rings. The zero-order chi connectivity index (χ0) is 19.8. The number of rotatable bonds is 7. The molecular weight excluding hydrogens is 338 g/mol. The van der Waals surface area contributed by atoms with E-state index in [1.807, 2.05) is 56.3 Å². The molecule has 0 saturated carbocycles. The van der Waals surface area contributed by atoms with Gasteiger partial charge in [-0.25, -0.2) is 0 Å². The summed E-state index contributed by atoms with van der Waals surface area (Å²) in [6, 6.07) is 18.4. The molecule has 2 unspecified atom stereocenters. The second-order valence-corrected chi connectivity index (χ2v) is 6.46. The Morgan fingerprint density at radius 3 is 2.22 bits per heavy atom. The van der Waals surface area contributed by atoms with E-state index in [2.05, 4.69) is 11.4 Å². The van der Waals surface area contributed by atoms with E-state index in [1.54, 1.807) is 17.0 Å². The number of amides is 2. The third-order valence-electron chi connectivity index (χ3n) is 4.61. The zero-order valence-corrected chi connectivity index (χ0v) is 16.0. The van der Waals surface area contributed by atoms with Crippen molar-refractivity contribution >= 4 is 11.8 Å². The first kappa shape index (κ1) is 20.2.